The number of rotatable bonds is 4. The van der Waals surface area contributed by atoms with Crippen LogP contribution in [0.15, 0.2) is 6.07 Å². The molecule has 0 bridgehead atoms. The van der Waals surface area contributed by atoms with Gasteiger partial charge in [0.15, 0.2) is 0 Å². The number of hydrogen-bond acceptors (Lipinski definition) is 3. The number of aliphatic hydroxyl groups is 1. The van der Waals surface area contributed by atoms with Crippen LogP contribution in [-0.2, 0) is 0 Å². The van der Waals surface area contributed by atoms with E-state index in [9.17, 15) is 4.79 Å². The van der Waals surface area contributed by atoms with Gasteiger partial charge in [-0.1, -0.05) is 11.8 Å². The Kier molecular flexibility index (Phi) is 4.85. The number of aryl methyl sites for hydroxylation is 1. The highest BCUT2D eigenvalue weighted by Crippen LogP contribution is 2.31. The highest BCUT2D eigenvalue weighted by molar-refractivity contribution is 7.14. The van der Waals surface area contributed by atoms with Gasteiger partial charge in [-0.2, -0.15) is 0 Å². The molecule has 0 aliphatic heterocycles. The van der Waals surface area contributed by atoms with Crippen LogP contribution in [0.5, 0.6) is 0 Å². The summed E-state index contributed by atoms with van der Waals surface area (Å²) >= 11 is 1.42. The molecular formula is C16H21NO2S. The van der Waals surface area contributed by atoms with Gasteiger partial charge in [0.2, 0.25) is 0 Å². The Bertz CT molecular complexity index is 547. The van der Waals surface area contributed by atoms with E-state index < -0.39 is 0 Å². The van der Waals surface area contributed by atoms with Crippen LogP contribution in [0.3, 0.4) is 0 Å². The number of aliphatic hydroxyl groups excluding tert-OH is 1. The maximum absolute atomic E-state index is 12.6. The Morgan fingerprint density at radius 1 is 1.55 bits per heavy atom. The molecule has 0 saturated heterocycles. The Balaban J connectivity index is 2.17. The fraction of sp³-hybridized carbons (Fsp3) is 0.562. The van der Waals surface area contributed by atoms with Gasteiger partial charge in [-0.3, -0.25) is 4.79 Å². The number of thiophene rings is 1. The summed E-state index contributed by atoms with van der Waals surface area (Å²) in [6, 6.07) is 2.13. The van der Waals surface area contributed by atoms with Crippen molar-refractivity contribution in [2.75, 3.05) is 13.2 Å². The molecule has 3 nitrogen and oxygen atoms in total. The molecule has 1 fully saturated rings. The monoisotopic (exact) mass is 291 g/mol. The van der Waals surface area contributed by atoms with Gasteiger partial charge in [0, 0.05) is 12.6 Å². The van der Waals surface area contributed by atoms with Crippen LogP contribution in [0.4, 0.5) is 0 Å². The van der Waals surface area contributed by atoms with Gasteiger partial charge < -0.3 is 10.0 Å². The average molecular weight is 291 g/mol. The summed E-state index contributed by atoms with van der Waals surface area (Å²) in [4.78, 5) is 16.2. The summed E-state index contributed by atoms with van der Waals surface area (Å²) in [7, 11) is 0. The molecule has 1 aliphatic rings. The Hall–Kier alpha value is -1.31. The van der Waals surface area contributed by atoms with E-state index in [1.807, 2.05) is 17.9 Å². The van der Waals surface area contributed by atoms with Gasteiger partial charge in [0.25, 0.3) is 5.91 Å². The van der Waals surface area contributed by atoms with Crippen molar-refractivity contribution >= 4 is 17.2 Å². The predicted octanol–water partition coefficient (Wildman–Crippen LogP) is 2.66. The van der Waals surface area contributed by atoms with E-state index in [4.69, 9.17) is 5.11 Å². The molecule has 1 saturated carbocycles. The summed E-state index contributed by atoms with van der Waals surface area (Å²) in [5.74, 6) is 6.35. The minimum atomic E-state index is -0.152. The molecule has 0 aromatic carbocycles. The zero-order valence-corrected chi connectivity index (χ0v) is 13.1. The summed E-state index contributed by atoms with van der Waals surface area (Å²) in [6.45, 7) is 6.79. The molecule has 4 heteroatoms. The fourth-order valence-electron chi connectivity index (χ4n) is 2.08. The van der Waals surface area contributed by atoms with Crippen LogP contribution >= 0.6 is 11.3 Å². The highest BCUT2D eigenvalue weighted by Gasteiger charge is 2.29. The zero-order chi connectivity index (χ0) is 14.7. The minimum Gasteiger partial charge on any atom is -0.384 e. The Morgan fingerprint density at radius 2 is 2.25 bits per heavy atom. The Labute approximate surface area is 124 Å². The lowest BCUT2D eigenvalue weighted by Gasteiger charge is -2.26. The number of nitrogens with zero attached hydrogens (tertiary/aromatic N) is 1. The van der Waals surface area contributed by atoms with E-state index in [1.165, 1.54) is 24.2 Å². The topological polar surface area (TPSA) is 40.5 Å². The molecule has 1 amide bonds. The van der Waals surface area contributed by atoms with Gasteiger partial charge in [-0.15, -0.1) is 11.3 Å². The van der Waals surface area contributed by atoms with Gasteiger partial charge in [-0.25, -0.2) is 0 Å². The second-order valence-corrected chi connectivity index (χ2v) is 6.63. The van der Waals surface area contributed by atoms with Crippen molar-refractivity contribution < 1.29 is 9.90 Å². The molecule has 1 aromatic heterocycles. The largest absolute Gasteiger partial charge is 0.384 e. The molecule has 1 N–H and O–H groups in total. The van der Waals surface area contributed by atoms with E-state index in [-0.39, 0.29) is 18.6 Å². The van der Waals surface area contributed by atoms with Crippen molar-refractivity contribution in [1.82, 2.24) is 4.90 Å². The smallest absolute Gasteiger partial charge is 0.264 e. The summed E-state index contributed by atoms with van der Waals surface area (Å²) in [5.41, 5.74) is 1.01. The van der Waals surface area contributed by atoms with Crippen molar-refractivity contribution in [2.45, 2.75) is 39.7 Å². The number of hydrogen-bond donors (Lipinski definition) is 1. The Morgan fingerprint density at radius 3 is 2.80 bits per heavy atom. The van der Waals surface area contributed by atoms with Crippen LogP contribution in [0.2, 0.25) is 0 Å². The molecule has 1 aliphatic carbocycles. The average Bonchev–Trinajstić information content (AvgIpc) is 3.15. The zero-order valence-electron chi connectivity index (χ0n) is 12.3. The minimum absolute atomic E-state index is 0.108. The van der Waals surface area contributed by atoms with Crippen molar-refractivity contribution in [2.24, 2.45) is 5.92 Å². The second-order valence-electron chi connectivity index (χ2n) is 5.58. The van der Waals surface area contributed by atoms with Gasteiger partial charge in [-0.05, 0) is 51.2 Å². The first-order valence-electron chi connectivity index (χ1n) is 7.04. The maximum atomic E-state index is 12.6. The molecule has 1 heterocycles. The normalized spacial score (nSPS) is 14.1. The summed E-state index contributed by atoms with van der Waals surface area (Å²) in [5, 5.41) is 8.76. The van der Waals surface area contributed by atoms with E-state index >= 15 is 0 Å². The standard InChI is InChI=1S/C16H21NO2S/c1-11(2)17(10-13-6-7-13)16(19)15-9-12(3)14(20-15)5-4-8-18/h9,11,13,18H,6-8,10H2,1-3H3. The number of amides is 1. The summed E-state index contributed by atoms with van der Waals surface area (Å²) in [6.07, 6.45) is 2.49. The maximum Gasteiger partial charge on any atom is 0.264 e. The van der Waals surface area contributed by atoms with Gasteiger partial charge in [0.05, 0.1) is 9.75 Å². The van der Waals surface area contributed by atoms with Crippen molar-refractivity contribution in [3.05, 3.63) is 21.4 Å². The molecule has 20 heavy (non-hydrogen) atoms. The first kappa shape index (κ1) is 15.1. The number of carbonyl (C=O) groups excluding carboxylic acids is 1. The van der Waals surface area contributed by atoms with Crippen molar-refractivity contribution in [3.8, 4) is 11.8 Å². The molecule has 0 radical (unpaired) electrons. The van der Waals surface area contributed by atoms with E-state index in [1.54, 1.807) is 0 Å². The van der Waals surface area contributed by atoms with Crippen LogP contribution < -0.4 is 0 Å². The van der Waals surface area contributed by atoms with E-state index in [0.717, 1.165) is 21.9 Å². The highest BCUT2D eigenvalue weighted by atomic mass is 32.1. The lowest BCUT2D eigenvalue weighted by molar-refractivity contribution is 0.0701. The third kappa shape index (κ3) is 3.62. The molecule has 2 rings (SSSR count). The van der Waals surface area contributed by atoms with E-state index in [0.29, 0.717) is 5.92 Å². The van der Waals surface area contributed by atoms with Crippen LogP contribution in [0.1, 0.15) is 46.8 Å². The molecule has 0 spiro atoms. The molecule has 1 aromatic rings. The molecule has 0 unspecified atom stereocenters. The lowest BCUT2D eigenvalue weighted by Crippen LogP contribution is -2.38. The van der Waals surface area contributed by atoms with Crippen LogP contribution in [0.25, 0.3) is 0 Å². The molecule has 0 atom stereocenters. The van der Waals surface area contributed by atoms with Gasteiger partial charge in [0.1, 0.15) is 6.61 Å². The third-order valence-electron chi connectivity index (χ3n) is 3.45. The fourth-order valence-corrected chi connectivity index (χ4v) is 3.08. The first-order chi connectivity index (χ1) is 9.52. The van der Waals surface area contributed by atoms with Crippen LogP contribution in [0, 0.1) is 24.7 Å². The predicted molar refractivity (Wildman–Crippen MR) is 81.9 cm³/mol. The molecule has 108 valence electrons. The SMILES string of the molecule is Cc1cc(C(=O)N(CC2CC2)C(C)C)sc1C#CCO. The van der Waals surface area contributed by atoms with Gasteiger partial charge >= 0.3 is 0 Å². The van der Waals surface area contributed by atoms with Crippen molar-refractivity contribution in [1.29, 1.82) is 0 Å². The summed E-state index contributed by atoms with van der Waals surface area (Å²) < 4.78 is 0. The quantitative estimate of drug-likeness (QED) is 0.866. The van der Waals surface area contributed by atoms with Crippen molar-refractivity contribution in [3.63, 3.8) is 0 Å². The van der Waals surface area contributed by atoms with Crippen LogP contribution in [-0.4, -0.2) is 35.1 Å². The number of carbonyl (C=O) groups is 1. The molecular weight excluding hydrogens is 270 g/mol. The second kappa shape index (κ2) is 6.43. The first-order valence-corrected chi connectivity index (χ1v) is 7.85. The lowest BCUT2D eigenvalue weighted by atomic mass is 10.2. The van der Waals surface area contributed by atoms with E-state index in [2.05, 4.69) is 25.7 Å². The third-order valence-corrected chi connectivity index (χ3v) is 4.59.